The number of nitrogens with one attached hydrogen (secondary N) is 2. The van der Waals surface area contributed by atoms with Crippen molar-refractivity contribution in [2.45, 2.75) is 11.7 Å². The van der Waals surface area contributed by atoms with Crippen LogP contribution < -0.4 is 16.6 Å². The van der Waals surface area contributed by atoms with Crippen LogP contribution in [0.1, 0.15) is 0 Å². The lowest BCUT2D eigenvalue weighted by Crippen LogP contribution is -2.68. The average Bonchev–Trinajstić information content (AvgIpc) is 1.61. The molecule has 1 aliphatic rings. The molecule has 36 valence electrons. The molecule has 1 unspecified atom stereocenters. The van der Waals surface area contributed by atoms with Crippen LogP contribution in [0.2, 0.25) is 0 Å². The molecule has 4 heteroatoms. The summed E-state index contributed by atoms with van der Waals surface area (Å²) in [6, 6.07) is 0. The summed E-state index contributed by atoms with van der Waals surface area (Å²) in [6.45, 7) is 0. The molecule has 3 nitrogen and oxygen atoms in total. The van der Waals surface area contributed by atoms with Gasteiger partial charge >= 0.3 is 0 Å². The molecule has 0 aromatic rings. The monoisotopic (exact) mass is 107 g/mol. The Balaban J connectivity index is 2.20. The Labute approximate surface area is 40.8 Å². The van der Waals surface area contributed by atoms with Crippen LogP contribution in [0.3, 0.4) is 0 Å². The fraction of sp³-hybridized carbons (Fsp3) is 1.00. The number of rotatable bonds is 0. The molecule has 0 radical (unpaired) electrons. The summed E-state index contributed by atoms with van der Waals surface area (Å²) in [4.78, 5) is 0. The number of hydrazine groups is 1. The van der Waals surface area contributed by atoms with Crippen LogP contribution in [0.4, 0.5) is 0 Å². The third-order valence-electron chi connectivity index (χ3n) is 0.703. The molecule has 1 saturated heterocycles. The van der Waals surface area contributed by atoms with Crippen molar-refractivity contribution in [3.8, 4) is 0 Å². The lowest BCUT2D eigenvalue weighted by atomic mass is 10.5. The Kier molecular flexibility index (Phi) is 0.972. The van der Waals surface area contributed by atoms with E-state index in [0.717, 1.165) is 0 Å². The topological polar surface area (TPSA) is 50.1 Å². The fourth-order valence-corrected chi connectivity index (χ4v) is 0.369. The van der Waals surface area contributed by atoms with E-state index in [2.05, 4.69) is 10.9 Å². The van der Waals surface area contributed by atoms with Gasteiger partial charge in [-0.3, -0.25) is 0 Å². The highest BCUT2D eigenvalue weighted by Gasteiger charge is 2.22. The summed E-state index contributed by atoms with van der Waals surface area (Å²) >= 11 is 5.40. The minimum Gasteiger partial charge on any atom is -0.313 e. The van der Waals surface area contributed by atoms with Crippen LogP contribution in [-0.4, -0.2) is 11.7 Å². The Bertz CT molecular complexity index is 48.8. The highest BCUT2D eigenvalue weighted by atomic mass is 35.5. The zero-order valence-corrected chi connectivity index (χ0v) is 3.87. The van der Waals surface area contributed by atoms with Crippen molar-refractivity contribution in [2.75, 3.05) is 0 Å². The molecule has 1 fully saturated rings. The van der Waals surface area contributed by atoms with E-state index < -0.39 is 0 Å². The minimum atomic E-state index is -0.0787. The van der Waals surface area contributed by atoms with Gasteiger partial charge < -0.3 is 5.73 Å². The van der Waals surface area contributed by atoms with Gasteiger partial charge in [0.15, 0.2) is 0 Å². The average molecular weight is 108 g/mol. The molecular weight excluding hydrogens is 101 g/mol. The van der Waals surface area contributed by atoms with Crippen molar-refractivity contribution >= 4 is 11.6 Å². The van der Waals surface area contributed by atoms with Crippen LogP contribution >= 0.6 is 11.6 Å². The third kappa shape index (κ3) is 0.498. The van der Waals surface area contributed by atoms with Crippen molar-refractivity contribution < 1.29 is 0 Å². The second-order valence-electron chi connectivity index (χ2n) is 1.22. The van der Waals surface area contributed by atoms with Crippen LogP contribution in [0.15, 0.2) is 0 Å². The van der Waals surface area contributed by atoms with Gasteiger partial charge in [0.2, 0.25) is 0 Å². The quantitative estimate of drug-likeness (QED) is 0.273. The second kappa shape index (κ2) is 1.35. The molecule has 0 amide bonds. The molecule has 2 atom stereocenters. The van der Waals surface area contributed by atoms with E-state index in [9.17, 15) is 0 Å². The first-order valence-corrected chi connectivity index (χ1v) is 2.15. The molecule has 0 aromatic heterocycles. The standard InChI is InChI=1S/C2H6ClN3/c3-1-2(4)6-5-1/h1-2,5-6H,4H2/t1-,2?/m1/s1. The largest absolute Gasteiger partial charge is 0.313 e. The zero-order chi connectivity index (χ0) is 4.57. The van der Waals surface area contributed by atoms with Gasteiger partial charge in [-0.15, -0.1) is 11.6 Å². The maximum atomic E-state index is 5.40. The van der Waals surface area contributed by atoms with Gasteiger partial charge in [-0.1, -0.05) is 0 Å². The number of hydrogen-bond acceptors (Lipinski definition) is 3. The number of nitrogens with two attached hydrogens (primary N) is 1. The first-order valence-electron chi connectivity index (χ1n) is 1.71. The molecular formula is C2H6ClN3. The van der Waals surface area contributed by atoms with Crippen molar-refractivity contribution in [3.05, 3.63) is 0 Å². The Morgan fingerprint density at radius 3 is 2.00 bits per heavy atom. The van der Waals surface area contributed by atoms with Crippen LogP contribution in [0, 0.1) is 0 Å². The number of halogens is 1. The molecule has 0 saturated carbocycles. The second-order valence-corrected chi connectivity index (χ2v) is 1.69. The smallest absolute Gasteiger partial charge is 0.125 e. The van der Waals surface area contributed by atoms with E-state index in [0.29, 0.717) is 0 Å². The molecule has 1 heterocycles. The first kappa shape index (κ1) is 4.33. The van der Waals surface area contributed by atoms with Crippen molar-refractivity contribution in [2.24, 2.45) is 5.73 Å². The Morgan fingerprint density at radius 2 is 2.00 bits per heavy atom. The van der Waals surface area contributed by atoms with E-state index in [4.69, 9.17) is 17.3 Å². The van der Waals surface area contributed by atoms with Gasteiger partial charge in [0.25, 0.3) is 0 Å². The summed E-state index contributed by atoms with van der Waals surface area (Å²) in [5, 5.41) is 0. The van der Waals surface area contributed by atoms with E-state index in [1.165, 1.54) is 0 Å². The molecule has 0 aliphatic carbocycles. The number of alkyl halides is 1. The zero-order valence-electron chi connectivity index (χ0n) is 3.11. The van der Waals surface area contributed by atoms with Gasteiger partial charge in [-0.25, -0.2) is 10.9 Å². The van der Waals surface area contributed by atoms with E-state index in [-0.39, 0.29) is 11.7 Å². The van der Waals surface area contributed by atoms with Gasteiger partial charge in [-0.2, -0.15) is 0 Å². The summed E-state index contributed by atoms with van der Waals surface area (Å²) in [6.07, 6.45) is -0.0633. The maximum absolute atomic E-state index is 5.40. The normalized spacial score (nSPS) is 45.0. The molecule has 0 bridgehead atoms. The molecule has 1 rings (SSSR count). The Morgan fingerprint density at radius 1 is 1.50 bits per heavy atom. The molecule has 0 aromatic carbocycles. The summed E-state index contributed by atoms with van der Waals surface area (Å²) in [5.74, 6) is 0. The lowest BCUT2D eigenvalue weighted by Gasteiger charge is -2.30. The summed E-state index contributed by atoms with van der Waals surface area (Å²) in [7, 11) is 0. The molecule has 6 heavy (non-hydrogen) atoms. The molecule has 4 N–H and O–H groups in total. The van der Waals surface area contributed by atoms with Crippen molar-refractivity contribution in [3.63, 3.8) is 0 Å². The van der Waals surface area contributed by atoms with Crippen molar-refractivity contribution in [1.82, 2.24) is 10.9 Å². The number of hydrogen-bond donors (Lipinski definition) is 3. The van der Waals surface area contributed by atoms with Crippen LogP contribution in [0.5, 0.6) is 0 Å². The minimum absolute atomic E-state index is 0.0633. The maximum Gasteiger partial charge on any atom is 0.125 e. The highest BCUT2D eigenvalue weighted by Crippen LogP contribution is 1.97. The fourth-order valence-electron chi connectivity index (χ4n) is 0.243. The van der Waals surface area contributed by atoms with Crippen molar-refractivity contribution in [1.29, 1.82) is 0 Å². The van der Waals surface area contributed by atoms with Crippen LogP contribution in [-0.2, 0) is 0 Å². The van der Waals surface area contributed by atoms with Gasteiger partial charge in [0, 0.05) is 0 Å². The van der Waals surface area contributed by atoms with Gasteiger partial charge in [0.05, 0.1) is 6.17 Å². The van der Waals surface area contributed by atoms with E-state index >= 15 is 0 Å². The van der Waals surface area contributed by atoms with Gasteiger partial charge in [0.1, 0.15) is 5.50 Å². The summed E-state index contributed by atoms with van der Waals surface area (Å²) < 4.78 is 0. The van der Waals surface area contributed by atoms with E-state index in [1.807, 2.05) is 0 Å². The first-order chi connectivity index (χ1) is 2.80. The highest BCUT2D eigenvalue weighted by molar-refractivity contribution is 6.21. The third-order valence-corrected chi connectivity index (χ3v) is 1.08. The SMILES string of the molecule is NC1NN[C@H]1Cl. The molecule has 1 aliphatic heterocycles. The van der Waals surface area contributed by atoms with E-state index in [1.54, 1.807) is 0 Å². The van der Waals surface area contributed by atoms with Crippen LogP contribution in [0.25, 0.3) is 0 Å². The predicted molar refractivity (Wildman–Crippen MR) is 23.9 cm³/mol. The molecule has 0 spiro atoms. The summed E-state index contributed by atoms with van der Waals surface area (Å²) in [5.41, 5.74) is 10.4. The van der Waals surface area contributed by atoms with Gasteiger partial charge in [-0.05, 0) is 0 Å². The Hall–Kier alpha value is 0.170. The lowest BCUT2D eigenvalue weighted by molar-refractivity contribution is 0.273. The predicted octanol–water partition coefficient (Wildman–Crippen LogP) is -1.06.